The van der Waals surface area contributed by atoms with Gasteiger partial charge in [-0.1, -0.05) is 11.6 Å². The molecule has 0 saturated heterocycles. The van der Waals surface area contributed by atoms with Crippen LogP contribution in [0.2, 0.25) is 4.34 Å². The summed E-state index contributed by atoms with van der Waals surface area (Å²) in [4.78, 5) is 11.2. The predicted molar refractivity (Wildman–Crippen MR) is 48.4 cm³/mol. The van der Waals surface area contributed by atoms with Crippen molar-refractivity contribution in [2.45, 2.75) is 6.92 Å². The van der Waals surface area contributed by atoms with Crippen molar-refractivity contribution in [2.24, 2.45) is 0 Å². The number of esters is 1. The van der Waals surface area contributed by atoms with Crippen molar-refractivity contribution in [3.63, 3.8) is 0 Å². The van der Waals surface area contributed by atoms with E-state index in [9.17, 15) is 4.79 Å². The Hall–Kier alpha value is -0.800. The Bertz CT molecular complexity index is 378. The molecule has 2 heterocycles. The van der Waals surface area contributed by atoms with Crippen LogP contribution in [0.4, 0.5) is 0 Å². The minimum Gasteiger partial charge on any atom is -0.423 e. The van der Waals surface area contributed by atoms with Gasteiger partial charge in [-0.3, -0.25) is 0 Å². The van der Waals surface area contributed by atoms with Gasteiger partial charge in [-0.05, 0) is 13.0 Å². The molecule has 1 aliphatic heterocycles. The van der Waals surface area contributed by atoms with E-state index in [1.807, 2.05) is 12.3 Å². The summed E-state index contributed by atoms with van der Waals surface area (Å²) >= 11 is 7.15. The molecule has 0 aliphatic carbocycles. The molecule has 1 aromatic heterocycles. The Morgan fingerprint density at radius 2 is 2.42 bits per heavy atom. The van der Waals surface area contributed by atoms with E-state index in [0.717, 1.165) is 5.56 Å². The minimum absolute atomic E-state index is 0.343. The molecule has 2 rings (SSSR count). The lowest BCUT2D eigenvalue weighted by Crippen LogP contribution is -1.92. The third-order valence-electron chi connectivity index (χ3n) is 1.68. The van der Waals surface area contributed by atoms with Gasteiger partial charge in [-0.2, -0.15) is 0 Å². The molecule has 0 bridgehead atoms. The number of halogens is 1. The molecule has 12 heavy (non-hydrogen) atoms. The van der Waals surface area contributed by atoms with E-state index >= 15 is 0 Å². The van der Waals surface area contributed by atoms with Gasteiger partial charge in [0.1, 0.15) is 15.7 Å². The Morgan fingerprint density at radius 1 is 1.67 bits per heavy atom. The fourth-order valence-electron chi connectivity index (χ4n) is 1.13. The smallest absolute Gasteiger partial charge is 0.346 e. The number of hydrogen-bond acceptors (Lipinski definition) is 3. The average molecular weight is 201 g/mol. The topological polar surface area (TPSA) is 26.3 Å². The van der Waals surface area contributed by atoms with E-state index in [0.29, 0.717) is 15.7 Å². The molecule has 4 heteroatoms. The van der Waals surface area contributed by atoms with E-state index in [-0.39, 0.29) is 5.97 Å². The maximum absolute atomic E-state index is 11.2. The number of cyclic esters (lactones) is 1. The third-order valence-corrected chi connectivity index (χ3v) is 2.90. The Labute approximate surface area is 78.4 Å². The Morgan fingerprint density at radius 3 is 3.08 bits per heavy atom. The van der Waals surface area contributed by atoms with Crippen LogP contribution in [0.15, 0.2) is 11.5 Å². The lowest BCUT2D eigenvalue weighted by molar-refractivity contribution is 0.0716. The number of rotatable bonds is 0. The molecular formula is C8H5ClO2S. The lowest BCUT2D eigenvalue weighted by Gasteiger charge is -1.92. The molecule has 0 radical (unpaired) electrons. The van der Waals surface area contributed by atoms with E-state index in [1.165, 1.54) is 11.3 Å². The Kier molecular flexibility index (Phi) is 1.70. The summed E-state index contributed by atoms with van der Waals surface area (Å²) < 4.78 is 5.45. The minimum atomic E-state index is -0.343. The highest BCUT2D eigenvalue weighted by atomic mass is 35.5. The fourth-order valence-corrected chi connectivity index (χ4v) is 2.21. The number of hydrogen-bond donors (Lipinski definition) is 0. The summed E-state index contributed by atoms with van der Waals surface area (Å²) in [5, 5.41) is 1.83. The van der Waals surface area contributed by atoms with Gasteiger partial charge in [0, 0.05) is 10.9 Å². The van der Waals surface area contributed by atoms with Crippen molar-refractivity contribution in [1.82, 2.24) is 0 Å². The standard InChI is InChI=1S/C8H5ClO2S/c1-2-5-4-3-12-7(9)6(4)8(10)11-5/h2-3H,1H3/b5-2-. The number of thiophene rings is 1. The average Bonchev–Trinajstić information content (AvgIpc) is 2.55. The maximum atomic E-state index is 11.2. The van der Waals surface area contributed by atoms with Gasteiger partial charge in [0.2, 0.25) is 0 Å². The van der Waals surface area contributed by atoms with Crippen molar-refractivity contribution in [3.05, 3.63) is 26.9 Å². The van der Waals surface area contributed by atoms with Crippen molar-refractivity contribution in [3.8, 4) is 0 Å². The van der Waals surface area contributed by atoms with E-state index < -0.39 is 0 Å². The van der Waals surface area contributed by atoms with Crippen molar-refractivity contribution >= 4 is 34.7 Å². The molecule has 0 saturated carbocycles. The number of allylic oxidation sites excluding steroid dienone is 1. The zero-order valence-electron chi connectivity index (χ0n) is 6.26. The van der Waals surface area contributed by atoms with Crippen molar-refractivity contribution in [1.29, 1.82) is 0 Å². The summed E-state index contributed by atoms with van der Waals surface area (Å²) in [5.41, 5.74) is 1.33. The molecule has 62 valence electrons. The Balaban J connectivity index is 2.67. The molecule has 0 fully saturated rings. The highest BCUT2D eigenvalue weighted by Gasteiger charge is 2.29. The highest BCUT2D eigenvalue weighted by Crippen LogP contribution is 2.38. The van der Waals surface area contributed by atoms with Crippen LogP contribution in [0.1, 0.15) is 22.8 Å². The van der Waals surface area contributed by atoms with Crippen LogP contribution >= 0.6 is 22.9 Å². The third kappa shape index (κ3) is 0.901. The van der Waals surface area contributed by atoms with Crippen LogP contribution in [0.3, 0.4) is 0 Å². The van der Waals surface area contributed by atoms with Gasteiger partial charge in [0.25, 0.3) is 0 Å². The van der Waals surface area contributed by atoms with Gasteiger partial charge in [-0.25, -0.2) is 4.79 Å². The monoisotopic (exact) mass is 200 g/mol. The molecule has 1 aromatic rings. The van der Waals surface area contributed by atoms with Crippen LogP contribution in [-0.4, -0.2) is 5.97 Å². The van der Waals surface area contributed by atoms with Crippen molar-refractivity contribution in [2.75, 3.05) is 0 Å². The number of carbonyl (C=O) groups is 1. The molecule has 0 unspecified atom stereocenters. The van der Waals surface area contributed by atoms with Gasteiger partial charge >= 0.3 is 5.97 Å². The number of ether oxygens (including phenoxy) is 1. The highest BCUT2D eigenvalue weighted by molar-refractivity contribution is 7.15. The molecule has 0 amide bonds. The van der Waals surface area contributed by atoms with Crippen LogP contribution in [-0.2, 0) is 4.74 Å². The second-order valence-corrected chi connectivity index (χ2v) is 3.82. The van der Waals surface area contributed by atoms with Gasteiger partial charge in [0.15, 0.2) is 0 Å². The van der Waals surface area contributed by atoms with Gasteiger partial charge < -0.3 is 4.74 Å². The zero-order valence-corrected chi connectivity index (χ0v) is 7.83. The second-order valence-electron chi connectivity index (χ2n) is 2.34. The second kappa shape index (κ2) is 2.61. The number of fused-ring (bicyclic) bond motifs is 1. The zero-order chi connectivity index (χ0) is 8.72. The van der Waals surface area contributed by atoms with Crippen LogP contribution < -0.4 is 0 Å². The normalized spacial score (nSPS) is 18.2. The van der Waals surface area contributed by atoms with Crippen molar-refractivity contribution < 1.29 is 9.53 Å². The quantitative estimate of drug-likeness (QED) is 0.602. The lowest BCUT2D eigenvalue weighted by atomic mass is 10.2. The van der Waals surface area contributed by atoms with Crippen LogP contribution in [0.25, 0.3) is 5.76 Å². The molecular weight excluding hydrogens is 196 g/mol. The maximum Gasteiger partial charge on any atom is 0.346 e. The fraction of sp³-hybridized carbons (Fsp3) is 0.125. The van der Waals surface area contributed by atoms with Crippen LogP contribution in [0, 0.1) is 0 Å². The summed E-state index contributed by atoms with van der Waals surface area (Å²) in [6.07, 6.45) is 1.76. The molecule has 0 N–H and O–H groups in total. The first kappa shape index (κ1) is 7.83. The molecule has 0 aromatic carbocycles. The largest absolute Gasteiger partial charge is 0.423 e. The summed E-state index contributed by atoms with van der Waals surface area (Å²) in [6.45, 7) is 1.82. The van der Waals surface area contributed by atoms with E-state index in [1.54, 1.807) is 6.08 Å². The summed E-state index contributed by atoms with van der Waals surface area (Å²) in [7, 11) is 0. The summed E-state index contributed by atoms with van der Waals surface area (Å²) in [5.74, 6) is 0.266. The SMILES string of the molecule is C/C=C1\OC(=O)c2c1csc2Cl. The molecule has 1 aliphatic rings. The predicted octanol–water partition coefficient (Wildman–Crippen LogP) is 2.93. The first-order valence-corrected chi connectivity index (χ1v) is 4.65. The van der Waals surface area contributed by atoms with Gasteiger partial charge in [-0.15, -0.1) is 11.3 Å². The van der Waals surface area contributed by atoms with Gasteiger partial charge in [0.05, 0.1) is 0 Å². The molecule has 2 nitrogen and oxygen atoms in total. The summed E-state index contributed by atoms with van der Waals surface area (Å²) in [6, 6.07) is 0. The number of carbonyl (C=O) groups excluding carboxylic acids is 1. The van der Waals surface area contributed by atoms with E-state index in [2.05, 4.69) is 0 Å². The first-order valence-electron chi connectivity index (χ1n) is 3.40. The van der Waals surface area contributed by atoms with Crippen LogP contribution in [0.5, 0.6) is 0 Å². The molecule has 0 spiro atoms. The van der Waals surface area contributed by atoms with E-state index in [4.69, 9.17) is 16.3 Å². The molecule has 0 atom stereocenters. The first-order chi connectivity index (χ1) is 5.74.